The number of aromatic amines is 1. The highest BCUT2D eigenvalue weighted by molar-refractivity contribution is 7.98. The number of unbranched alkanes of at least 4 members (excludes halogenated alkanes) is 1. The fourth-order valence-electron chi connectivity index (χ4n) is 9.73. The molecule has 102 heavy (non-hydrogen) atoms. The largest absolute Gasteiger partial charge is 0.481 e. The minimum Gasteiger partial charge on any atom is -0.481 e. The summed E-state index contributed by atoms with van der Waals surface area (Å²) in [6, 6.07) is -10.4. The lowest BCUT2D eigenvalue weighted by Gasteiger charge is -2.29. The Morgan fingerprint density at radius 2 is 0.990 bits per heavy atom. The third kappa shape index (κ3) is 33.0. The number of amides is 12. The maximum Gasteiger partial charge on any atom is 0.305 e. The summed E-state index contributed by atoms with van der Waals surface area (Å²) < 4.78 is 0. The molecule has 38 nitrogen and oxygen atoms in total. The zero-order valence-electron chi connectivity index (χ0n) is 58.0. The number of aliphatic hydroxyl groups excluding tert-OH is 1. The van der Waals surface area contributed by atoms with Gasteiger partial charge in [-0.25, -0.2) is 4.98 Å². The summed E-state index contributed by atoms with van der Waals surface area (Å²) in [6.07, 6.45) is 1.17. The molecule has 0 aliphatic rings. The van der Waals surface area contributed by atoms with E-state index < -0.39 is 206 Å². The molecule has 0 aliphatic carbocycles. The lowest BCUT2D eigenvalue weighted by Crippen LogP contribution is -2.61. The van der Waals surface area contributed by atoms with Gasteiger partial charge in [-0.05, 0) is 94.2 Å². The summed E-state index contributed by atoms with van der Waals surface area (Å²) in [5.74, 6) is -17.8. The predicted octanol–water partition coefficient (Wildman–Crippen LogP) is -5.81. The van der Waals surface area contributed by atoms with E-state index in [0.717, 1.165) is 6.92 Å². The molecule has 2 rings (SSSR count). The van der Waals surface area contributed by atoms with Gasteiger partial charge in [-0.2, -0.15) is 11.8 Å². The number of aliphatic hydroxyl groups is 1. The smallest absolute Gasteiger partial charge is 0.305 e. The summed E-state index contributed by atoms with van der Waals surface area (Å²) >= 11 is 1.23. The first-order valence-corrected chi connectivity index (χ1v) is 34.5. The molecule has 0 aliphatic heterocycles. The van der Waals surface area contributed by atoms with Crippen LogP contribution in [-0.2, 0) is 84.8 Å². The molecule has 1 heterocycles. The second kappa shape index (κ2) is 46.4. The highest BCUT2D eigenvalue weighted by Gasteiger charge is 2.38. The van der Waals surface area contributed by atoms with Crippen LogP contribution in [0.25, 0.3) is 0 Å². The maximum absolute atomic E-state index is 14.4. The maximum atomic E-state index is 14.4. The Bertz CT molecular complexity index is 3160. The number of nitrogens with one attached hydrogen (secondary N) is 12. The fourth-order valence-corrected chi connectivity index (χ4v) is 10.2. The number of carboxylic acid groups (broad SMARTS) is 3. The number of nitrogens with two attached hydrogens (primary N) is 5. The number of imidazole rings is 1. The Morgan fingerprint density at radius 3 is 1.47 bits per heavy atom. The van der Waals surface area contributed by atoms with Crippen molar-refractivity contribution in [3.05, 3.63) is 54.1 Å². The van der Waals surface area contributed by atoms with Gasteiger partial charge in [0, 0.05) is 44.1 Å². The summed E-state index contributed by atoms with van der Waals surface area (Å²) in [6.45, 7) is 6.82. The zero-order valence-corrected chi connectivity index (χ0v) is 58.8. The molecule has 0 spiro atoms. The SMILES string of the molecule is CC[C@H](C)[C@H](N)C(=O)N[C@@H](CO)C(=O)N[C@@H](CCC(=O)O)C(=O)N[C@H](C(=O)N[C@@H](CCCCN)C(=O)N[C@@H](CCSC)C(=O)N[C@@H](CC(=O)O)C(=O)N[C@@H](C)C(=O)N[C@@H](CCC(=O)O)C(=O)N[C@@H](Cc1ccccc1)C(=O)N[C@@H](CCCN=C(N)N)C(=O)N[C@@H](Cc1cnc[nH]1)C(N)=O)C(C)C. The van der Waals surface area contributed by atoms with Crippen LogP contribution in [0, 0.1) is 11.8 Å². The molecule has 1 aromatic heterocycles. The Morgan fingerprint density at radius 1 is 0.529 bits per heavy atom. The number of primary amides is 1. The van der Waals surface area contributed by atoms with E-state index in [0.29, 0.717) is 24.1 Å². The third-order valence-electron chi connectivity index (χ3n) is 15.9. The number of rotatable bonds is 50. The number of aromatic nitrogens is 2. The van der Waals surface area contributed by atoms with Crippen LogP contribution in [0.1, 0.15) is 123 Å². The van der Waals surface area contributed by atoms with Gasteiger partial charge in [0.05, 0.1) is 25.4 Å². The van der Waals surface area contributed by atoms with Gasteiger partial charge in [-0.1, -0.05) is 64.4 Å². The van der Waals surface area contributed by atoms with Crippen LogP contribution < -0.4 is 87.2 Å². The minimum absolute atomic E-state index is 0.000543. The number of carboxylic acids is 3. The van der Waals surface area contributed by atoms with Crippen LogP contribution in [0.15, 0.2) is 47.8 Å². The van der Waals surface area contributed by atoms with Crippen molar-refractivity contribution >= 4 is 107 Å². The van der Waals surface area contributed by atoms with Gasteiger partial charge in [0.15, 0.2) is 5.96 Å². The second-order valence-electron chi connectivity index (χ2n) is 24.5. The molecule has 0 saturated heterocycles. The van der Waals surface area contributed by atoms with Gasteiger partial charge in [0.1, 0.15) is 66.5 Å². The van der Waals surface area contributed by atoms with E-state index >= 15 is 0 Å². The minimum atomic E-state index is -1.97. The van der Waals surface area contributed by atoms with Crippen LogP contribution >= 0.6 is 11.8 Å². The van der Waals surface area contributed by atoms with Gasteiger partial charge < -0.3 is 113 Å². The van der Waals surface area contributed by atoms with E-state index in [9.17, 15) is 92.3 Å². The number of aliphatic imine (C=N–C) groups is 1. The highest BCUT2D eigenvalue weighted by atomic mass is 32.2. The molecular weight excluding hydrogens is 1360 g/mol. The van der Waals surface area contributed by atoms with Crippen molar-refractivity contribution in [3.63, 3.8) is 0 Å². The number of aliphatic carboxylic acids is 3. The van der Waals surface area contributed by atoms with Crippen molar-refractivity contribution < 1.29 is 92.3 Å². The summed E-state index contributed by atoms with van der Waals surface area (Å²) in [7, 11) is 0. The van der Waals surface area contributed by atoms with E-state index in [1.807, 2.05) is 0 Å². The molecule has 0 radical (unpaired) electrons. The van der Waals surface area contributed by atoms with Crippen molar-refractivity contribution in [1.29, 1.82) is 0 Å². The number of carbonyl (C=O) groups is 15. The summed E-state index contributed by atoms with van der Waals surface area (Å²) in [5.41, 5.74) is 29.2. The Kier molecular flexibility index (Phi) is 40.1. The normalized spacial score (nSPS) is 14.9. The first-order chi connectivity index (χ1) is 48.2. The molecule has 1 aromatic carbocycles. The van der Waals surface area contributed by atoms with Gasteiger partial charge >= 0.3 is 17.9 Å². The number of hydrogen-bond donors (Lipinski definition) is 21. The molecule has 13 atom stereocenters. The lowest BCUT2D eigenvalue weighted by molar-refractivity contribution is -0.142. The number of carbonyl (C=O) groups excluding carboxylic acids is 12. The van der Waals surface area contributed by atoms with E-state index in [2.05, 4.69) is 73.4 Å². The quantitative estimate of drug-likeness (QED) is 0.0167. The average Bonchev–Trinajstić information content (AvgIpc) is 0.900. The molecule has 26 N–H and O–H groups in total. The Hall–Kier alpha value is -10.0. The lowest BCUT2D eigenvalue weighted by atomic mass is 9.99. The van der Waals surface area contributed by atoms with Gasteiger partial charge in [-0.3, -0.25) is 76.9 Å². The number of thioether (sulfide) groups is 1. The van der Waals surface area contributed by atoms with Crippen LogP contribution in [0.5, 0.6) is 0 Å². The molecule has 0 bridgehead atoms. The zero-order chi connectivity index (χ0) is 76.8. The van der Waals surface area contributed by atoms with E-state index in [1.54, 1.807) is 50.4 Å². The number of nitrogens with zero attached hydrogens (tertiary/aromatic N) is 2. The monoisotopic (exact) mass is 1460 g/mol. The van der Waals surface area contributed by atoms with E-state index in [1.165, 1.54) is 38.1 Å². The molecular formula is C63H101N19O19S. The molecule has 39 heteroatoms. The van der Waals surface area contributed by atoms with Crippen molar-refractivity contribution in [2.45, 2.75) is 197 Å². The average molecular weight is 1460 g/mol. The summed E-state index contributed by atoms with van der Waals surface area (Å²) in [5, 5.41) is 65.9. The molecule has 0 saturated carbocycles. The van der Waals surface area contributed by atoms with Crippen LogP contribution in [0.2, 0.25) is 0 Å². The van der Waals surface area contributed by atoms with Crippen molar-refractivity contribution in [3.8, 4) is 0 Å². The first kappa shape index (κ1) is 88.1. The summed E-state index contributed by atoms with van der Waals surface area (Å²) in [4.78, 5) is 212. The number of guanidine groups is 1. The van der Waals surface area contributed by atoms with Crippen molar-refractivity contribution in [2.75, 3.05) is 31.7 Å². The number of benzene rings is 1. The second-order valence-corrected chi connectivity index (χ2v) is 25.4. The van der Waals surface area contributed by atoms with E-state index in [4.69, 9.17) is 28.7 Å². The van der Waals surface area contributed by atoms with Gasteiger partial charge in [0.2, 0.25) is 70.9 Å². The first-order valence-electron chi connectivity index (χ1n) is 33.1. The standard InChI is InChI=1S/C63H101N19O19S/c1-7-33(4)49(65)61(100)81-45(30-83)60(99)75-40(19-21-47(86)87)57(96)82-50(32(2)3)62(101)77-37(16-11-12-23-64)53(92)76-41(22-25-102-6)56(95)80-44(28-48(88)89)58(97)72-34(5)52(91)73-39(18-20-46(84)85)55(94)79-43(26-35-14-9-8-10-15-35)59(98)74-38(17-13-24-70-63(67)68)54(93)78-42(51(66)90)27-36-29-69-31-71-36/h8-10,14-15,29,31-34,37-45,49-50,83H,7,11-13,16-28,30,64-65H2,1-6H3,(H2,66,90)(H,69,71)(H,72,97)(H,73,91)(H,74,98)(H,75,99)(H,76,92)(H,77,101)(H,78,93)(H,79,94)(H,80,95)(H,81,100)(H,82,96)(H,84,85)(H,86,87)(H,88,89)(H4,67,68,70)/t33-,34-,37-,38-,39-,40-,41-,42-,43-,44-,45-,49-,50-/m0/s1. The molecule has 568 valence electrons. The third-order valence-corrected chi connectivity index (χ3v) is 16.5. The molecule has 0 unspecified atom stereocenters. The number of H-pyrrole nitrogens is 1. The van der Waals surface area contributed by atoms with Crippen LogP contribution in [-0.4, -0.2) is 229 Å². The van der Waals surface area contributed by atoms with Gasteiger partial charge in [-0.15, -0.1) is 0 Å². The topological polar surface area (TPSA) is 640 Å². The van der Waals surface area contributed by atoms with Crippen LogP contribution in [0.3, 0.4) is 0 Å². The van der Waals surface area contributed by atoms with Crippen LogP contribution in [0.4, 0.5) is 0 Å². The number of hydrogen-bond acceptors (Lipinski definition) is 21. The fraction of sp³-hybridized carbons (Fsp3) is 0.603. The van der Waals surface area contributed by atoms with Crippen molar-refractivity contribution in [2.24, 2.45) is 45.5 Å². The molecule has 12 amide bonds. The molecule has 0 fully saturated rings. The Balaban J connectivity index is 2.44. The predicted molar refractivity (Wildman–Crippen MR) is 370 cm³/mol. The van der Waals surface area contributed by atoms with Gasteiger partial charge in [0.25, 0.3) is 0 Å². The molecule has 2 aromatic rings. The Labute approximate surface area is 593 Å². The van der Waals surface area contributed by atoms with E-state index in [-0.39, 0.29) is 75.7 Å². The van der Waals surface area contributed by atoms with Crippen molar-refractivity contribution in [1.82, 2.24) is 68.5 Å². The highest BCUT2D eigenvalue weighted by Crippen LogP contribution is 2.14.